The summed E-state index contributed by atoms with van der Waals surface area (Å²) in [7, 11) is 0. The van der Waals surface area contributed by atoms with Gasteiger partial charge in [-0.15, -0.1) is 0 Å². The van der Waals surface area contributed by atoms with Gasteiger partial charge in [-0.1, -0.05) is 0 Å². The van der Waals surface area contributed by atoms with Crippen LogP contribution in [0, 0.1) is 0 Å². The maximum atomic E-state index is 13.5. The Morgan fingerprint density at radius 3 is 1.26 bits per heavy atom. The third-order valence-corrected chi connectivity index (χ3v) is 3.19. The average molecular weight is 442 g/mol. The van der Waals surface area contributed by atoms with Gasteiger partial charge in [0.05, 0.1) is 12.5 Å². The molecule has 0 aromatic rings. The molecule has 0 aromatic heterocycles. The van der Waals surface area contributed by atoms with Gasteiger partial charge in [0.15, 0.2) is 0 Å². The first-order valence-corrected chi connectivity index (χ1v) is 6.39. The number of alkyl halides is 15. The SMILES string of the molecule is CC(O)CC(F)(F)C(F)(F)C(F)(F)C(F)(F)C(F)(CC(F)(F)F)C(F)(F)F. The highest BCUT2D eigenvalue weighted by atomic mass is 19.4. The van der Waals surface area contributed by atoms with Crippen LogP contribution >= 0.6 is 0 Å². The second-order valence-corrected chi connectivity index (χ2v) is 5.57. The summed E-state index contributed by atoms with van der Waals surface area (Å²) >= 11 is 0. The maximum absolute atomic E-state index is 13.5. The summed E-state index contributed by atoms with van der Waals surface area (Å²) in [6.07, 6.45) is -23.8. The van der Waals surface area contributed by atoms with Crippen LogP contribution in [0.15, 0.2) is 0 Å². The zero-order valence-corrected chi connectivity index (χ0v) is 12.6. The minimum absolute atomic E-state index is 0.277. The summed E-state index contributed by atoms with van der Waals surface area (Å²) in [4.78, 5) is 0. The molecule has 1 N–H and O–H groups in total. The van der Waals surface area contributed by atoms with E-state index in [4.69, 9.17) is 5.11 Å². The van der Waals surface area contributed by atoms with Crippen molar-refractivity contribution in [3.05, 3.63) is 0 Å². The van der Waals surface area contributed by atoms with Crippen LogP contribution in [0.4, 0.5) is 65.9 Å². The van der Waals surface area contributed by atoms with Crippen LogP contribution in [-0.4, -0.2) is 52.9 Å². The molecule has 0 heterocycles. The van der Waals surface area contributed by atoms with E-state index >= 15 is 0 Å². The number of hydrogen-bond donors (Lipinski definition) is 1. The molecule has 0 amide bonds. The van der Waals surface area contributed by atoms with Crippen molar-refractivity contribution in [3.63, 3.8) is 0 Å². The topological polar surface area (TPSA) is 20.2 Å². The summed E-state index contributed by atoms with van der Waals surface area (Å²) in [5, 5.41) is 8.51. The third kappa shape index (κ3) is 4.34. The van der Waals surface area contributed by atoms with Gasteiger partial charge in [-0.2, -0.15) is 61.5 Å². The molecular weight excluding hydrogens is 433 g/mol. The number of hydrogen-bond acceptors (Lipinski definition) is 1. The van der Waals surface area contributed by atoms with Crippen molar-refractivity contribution in [1.29, 1.82) is 0 Å². The molecule has 0 radical (unpaired) electrons. The molecule has 16 heteroatoms. The smallest absolute Gasteiger partial charge is 0.393 e. The van der Waals surface area contributed by atoms with Gasteiger partial charge in [0, 0.05) is 6.42 Å². The van der Waals surface area contributed by atoms with E-state index in [1.54, 1.807) is 0 Å². The fraction of sp³-hybridized carbons (Fsp3) is 1.00. The molecule has 2 unspecified atom stereocenters. The highest BCUT2D eigenvalue weighted by molar-refractivity contribution is 5.14. The van der Waals surface area contributed by atoms with E-state index in [9.17, 15) is 65.9 Å². The van der Waals surface area contributed by atoms with Crippen molar-refractivity contribution in [1.82, 2.24) is 0 Å². The molecule has 164 valence electrons. The zero-order chi connectivity index (χ0) is 22.5. The van der Waals surface area contributed by atoms with Gasteiger partial charge in [0.2, 0.25) is 0 Å². The number of rotatable bonds is 7. The van der Waals surface area contributed by atoms with Crippen LogP contribution in [-0.2, 0) is 0 Å². The highest BCUT2D eigenvalue weighted by Crippen LogP contribution is 2.62. The van der Waals surface area contributed by atoms with Crippen molar-refractivity contribution >= 4 is 0 Å². The van der Waals surface area contributed by atoms with Crippen molar-refractivity contribution in [2.45, 2.75) is 67.6 Å². The Hall–Kier alpha value is -1.09. The normalized spacial score (nSPS) is 19.0. The molecule has 1 nitrogen and oxygen atoms in total. The third-order valence-electron chi connectivity index (χ3n) is 3.19. The largest absolute Gasteiger partial charge is 0.429 e. The first kappa shape index (κ1) is 25.9. The molecule has 0 rings (SSSR count). The van der Waals surface area contributed by atoms with Crippen molar-refractivity contribution in [3.8, 4) is 0 Å². The van der Waals surface area contributed by atoms with Crippen molar-refractivity contribution in [2.24, 2.45) is 0 Å². The van der Waals surface area contributed by atoms with E-state index in [2.05, 4.69) is 0 Å². The van der Waals surface area contributed by atoms with Crippen LogP contribution in [0.1, 0.15) is 19.8 Å². The lowest BCUT2D eigenvalue weighted by Gasteiger charge is -2.43. The predicted molar refractivity (Wildman–Crippen MR) is 56.7 cm³/mol. The Labute approximate surface area is 140 Å². The summed E-state index contributed by atoms with van der Waals surface area (Å²) < 4.78 is 193. The molecule has 27 heavy (non-hydrogen) atoms. The second kappa shape index (κ2) is 6.76. The maximum Gasteiger partial charge on any atom is 0.429 e. The Morgan fingerprint density at radius 1 is 0.630 bits per heavy atom. The molecule has 0 spiro atoms. The molecule has 0 aliphatic rings. The van der Waals surface area contributed by atoms with Crippen LogP contribution in [0.2, 0.25) is 0 Å². The van der Waals surface area contributed by atoms with E-state index in [0.717, 1.165) is 0 Å². The molecule has 0 bridgehead atoms. The monoisotopic (exact) mass is 442 g/mol. The molecule has 0 aromatic carbocycles. The zero-order valence-electron chi connectivity index (χ0n) is 12.6. The van der Waals surface area contributed by atoms with Gasteiger partial charge >= 0.3 is 36.0 Å². The van der Waals surface area contributed by atoms with E-state index in [1.807, 2.05) is 0 Å². The van der Waals surface area contributed by atoms with Crippen LogP contribution in [0.3, 0.4) is 0 Å². The van der Waals surface area contributed by atoms with Gasteiger partial charge < -0.3 is 5.11 Å². The Kier molecular flexibility index (Phi) is 6.48. The lowest BCUT2D eigenvalue weighted by atomic mass is 9.83. The minimum atomic E-state index is -7.99. The summed E-state index contributed by atoms with van der Waals surface area (Å²) in [5.74, 6) is -29.8. The highest BCUT2D eigenvalue weighted by Gasteiger charge is 2.90. The van der Waals surface area contributed by atoms with Gasteiger partial charge in [0.1, 0.15) is 0 Å². The van der Waals surface area contributed by atoms with Crippen LogP contribution < -0.4 is 0 Å². The second-order valence-electron chi connectivity index (χ2n) is 5.57. The van der Waals surface area contributed by atoms with E-state index < -0.39 is 60.7 Å². The quantitative estimate of drug-likeness (QED) is 0.515. The average Bonchev–Trinajstić information content (AvgIpc) is 2.32. The predicted octanol–water partition coefficient (Wildman–Crippen LogP) is 5.52. The van der Waals surface area contributed by atoms with Gasteiger partial charge in [0.25, 0.3) is 5.67 Å². The molecule has 0 aliphatic carbocycles. The molecule has 0 aliphatic heterocycles. The first-order valence-electron chi connectivity index (χ1n) is 6.39. The number of aliphatic hydroxyl groups excluding tert-OH is 1. The fourth-order valence-electron chi connectivity index (χ4n) is 1.84. The molecular formula is C11H9F15O. The summed E-state index contributed by atoms with van der Waals surface area (Å²) in [6, 6.07) is 0. The van der Waals surface area contributed by atoms with Gasteiger partial charge in [-0.3, -0.25) is 0 Å². The van der Waals surface area contributed by atoms with Crippen LogP contribution in [0.5, 0.6) is 0 Å². The standard InChI is InChI=1S/C11H9F15O/c1-4(27)2-6(13,14)9(20,21)10(22,23)8(18,19)5(12,11(24,25)26)3-7(15,16)17/h4,27H,2-3H2,1H3. The fourth-order valence-corrected chi connectivity index (χ4v) is 1.84. The van der Waals surface area contributed by atoms with Gasteiger partial charge in [-0.05, 0) is 6.92 Å². The molecule has 0 fully saturated rings. The molecule has 0 saturated carbocycles. The molecule has 0 saturated heterocycles. The number of halogens is 15. The van der Waals surface area contributed by atoms with Gasteiger partial charge in [-0.25, -0.2) is 4.39 Å². The lowest BCUT2D eigenvalue weighted by molar-refractivity contribution is -0.424. The molecule has 2 atom stereocenters. The Morgan fingerprint density at radius 2 is 1.00 bits per heavy atom. The first-order chi connectivity index (χ1) is 11.4. The number of aliphatic hydroxyl groups is 1. The Balaban J connectivity index is 6.56. The lowest BCUT2D eigenvalue weighted by Crippen LogP contribution is -2.72. The Bertz CT molecular complexity index is 517. The van der Waals surface area contributed by atoms with E-state index in [1.165, 1.54) is 0 Å². The minimum Gasteiger partial charge on any atom is -0.393 e. The van der Waals surface area contributed by atoms with Crippen molar-refractivity contribution < 1.29 is 71.0 Å². The summed E-state index contributed by atoms with van der Waals surface area (Å²) in [5.41, 5.74) is -7.37. The van der Waals surface area contributed by atoms with E-state index in [-0.39, 0.29) is 6.92 Å². The van der Waals surface area contributed by atoms with Crippen LogP contribution in [0.25, 0.3) is 0 Å². The van der Waals surface area contributed by atoms with E-state index in [0.29, 0.717) is 0 Å². The van der Waals surface area contributed by atoms with Crippen molar-refractivity contribution in [2.75, 3.05) is 0 Å². The summed E-state index contributed by atoms with van der Waals surface area (Å²) in [6.45, 7) is 0.277.